The molecule has 14 rings (SSSR count). The smallest absolute Gasteiger partial charge is 0.143 e. The second-order valence-corrected chi connectivity index (χ2v) is 17.1. The van der Waals surface area contributed by atoms with E-state index in [2.05, 4.69) is 218 Å². The summed E-state index contributed by atoms with van der Waals surface area (Å²) >= 11 is 0. The van der Waals surface area contributed by atoms with Crippen LogP contribution in [0.1, 0.15) is 0 Å². The van der Waals surface area contributed by atoms with Crippen molar-refractivity contribution in [2.45, 2.75) is 0 Å². The van der Waals surface area contributed by atoms with Crippen molar-refractivity contribution in [3.63, 3.8) is 0 Å². The third-order valence-corrected chi connectivity index (χ3v) is 13.8. The fourth-order valence-corrected chi connectivity index (χ4v) is 10.9. The van der Waals surface area contributed by atoms with E-state index < -0.39 is 0 Å². The predicted molar refractivity (Wildman–Crippen MR) is 269 cm³/mol. The molecule has 0 saturated heterocycles. The molecular formula is C62H36O. The van der Waals surface area contributed by atoms with Crippen molar-refractivity contribution >= 4 is 97.3 Å². The molecular weight excluding hydrogens is 761 g/mol. The Morgan fingerprint density at radius 1 is 0.206 bits per heavy atom. The van der Waals surface area contributed by atoms with Gasteiger partial charge in [-0.25, -0.2) is 0 Å². The highest BCUT2D eigenvalue weighted by molar-refractivity contribution is 6.30. The summed E-state index contributed by atoms with van der Waals surface area (Å²) in [5.41, 5.74) is 11.3. The van der Waals surface area contributed by atoms with E-state index in [1.54, 1.807) is 0 Å². The van der Waals surface area contributed by atoms with Crippen LogP contribution in [-0.2, 0) is 0 Å². The summed E-state index contributed by atoms with van der Waals surface area (Å²) in [6.45, 7) is 0. The molecule has 1 heterocycles. The van der Waals surface area contributed by atoms with Crippen LogP contribution in [0.3, 0.4) is 0 Å². The van der Waals surface area contributed by atoms with Crippen molar-refractivity contribution in [3.8, 4) is 44.5 Å². The maximum atomic E-state index is 7.16. The summed E-state index contributed by atoms with van der Waals surface area (Å²) in [4.78, 5) is 0. The number of hydrogen-bond donors (Lipinski definition) is 0. The van der Waals surface area contributed by atoms with Gasteiger partial charge in [0.05, 0.1) is 0 Å². The Bertz CT molecular complexity index is 4170. The van der Waals surface area contributed by atoms with Gasteiger partial charge >= 0.3 is 0 Å². The minimum absolute atomic E-state index is 0.909. The second kappa shape index (κ2) is 13.1. The number of benzene rings is 13. The summed E-state index contributed by atoms with van der Waals surface area (Å²) in [5.74, 6) is 0. The molecule has 290 valence electrons. The molecule has 0 N–H and O–H groups in total. The summed E-state index contributed by atoms with van der Waals surface area (Å²) in [6, 6.07) is 80.4. The molecule has 0 radical (unpaired) electrons. The Labute approximate surface area is 363 Å². The molecule has 0 saturated carbocycles. The van der Waals surface area contributed by atoms with E-state index in [1.807, 2.05) is 0 Å². The normalized spacial score (nSPS) is 12.1. The van der Waals surface area contributed by atoms with Gasteiger partial charge in [-0.3, -0.25) is 0 Å². The molecule has 63 heavy (non-hydrogen) atoms. The lowest BCUT2D eigenvalue weighted by molar-refractivity contribution is 0.674. The van der Waals surface area contributed by atoms with E-state index in [0.29, 0.717) is 0 Å². The number of fused-ring (bicyclic) bond motifs is 10. The van der Waals surface area contributed by atoms with Crippen LogP contribution in [0.5, 0.6) is 0 Å². The summed E-state index contributed by atoms with van der Waals surface area (Å²) < 4.78 is 7.16. The summed E-state index contributed by atoms with van der Waals surface area (Å²) in [5, 5.41) is 19.9. The lowest BCUT2D eigenvalue weighted by Gasteiger charge is -2.17. The lowest BCUT2D eigenvalue weighted by atomic mass is 9.86. The standard InChI is InChI=1S/C62H36O/c1-2-10-37(11-3-1)45-29-25-42-28-32-53-50(30-26-43-27-31-52(45)58(42)59(43)53)54-35-34-48(62-60(54)55-33-24-39-13-5-7-15-47(39)61(55)63-62)40-18-20-41(21-19-40)56-36-44-23-22-38-12-4-6-14-46(38)57(44)51-17-9-8-16-49(51)56/h1-36H. The van der Waals surface area contributed by atoms with E-state index in [9.17, 15) is 0 Å². The van der Waals surface area contributed by atoms with Crippen molar-refractivity contribution in [1.29, 1.82) is 0 Å². The molecule has 0 fully saturated rings. The Morgan fingerprint density at radius 3 is 1.46 bits per heavy atom. The lowest BCUT2D eigenvalue weighted by Crippen LogP contribution is -1.90. The molecule has 0 aliphatic rings. The largest absolute Gasteiger partial charge is 0.455 e. The molecule has 0 aliphatic heterocycles. The van der Waals surface area contributed by atoms with Gasteiger partial charge in [0.2, 0.25) is 0 Å². The second-order valence-electron chi connectivity index (χ2n) is 17.1. The van der Waals surface area contributed by atoms with Crippen LogP contribution in [0, 0.1) is 0 Å². The first-order chi connectivity index (χ1) is 31.2. The van der Waals surface area contributed by atoms with E-state index in [1.165, 1.54) is 103 Å². The molecule has 0 unspecified atom stereocenters. The van der Waals surface area contributed by atoms with Crippen molar-refractivity contribution in [3.05, 3.63) is 218 Å². The first-order valence-corrected chi connectivity index (χ1v) is 21.8. The third kappa shape index (κ3) is 4.99. The Balaban J connectivity index is 0.979. The predicted octanol–water partition coefficient (Wildman–Crippen LogP) is 17.8. The average Bonchev–Trinajstić information content (AvgIpc) is 3.76. The zero-order valence-electron chi connectivity index (χ0n) is 34.2. The molecule has 0 atom stereocenters. The van der Waals surface area contributed by atoms with Crippen LogP contribution in [0.25, 0.3) is 142 Å². The van der Waals surface area contributed by atoms with Crippen LogP contribution in [0.15, 0.2) is 223 Å². The van der Waals surface area contributed by atoms with E-state index in [-0.39, 0.29) is 0 Å². The van der Waals surface area contributed by atoms with Crippen LogP contribution in [0.4, 0.5) is 0 Å². The SMILES string of the molecule is c1ccc(-c2ccc3ccc4c(-c5ccc(-c6ccc(-c7cc8ccc9ccccc9c8c8ccccc78)cc6)c6oc7c8ccccc8ccc7c56)ccc5ccc2c3c54)cc1. The van der Waals surface area contributed by atoms with Gasteiger partial charge < -0.3 is 4.42 Å². The maximum absolute atomic E-state index is 7.16. The van der Waals surface area contributed by atoms with Gasteiger partial charge in [-0.2, -0.15) is 0 Å². The molecule has 0 spiro atoms. The molecule has 0 amide bonds. The topological polar surface area (TPSA) is 13.1 Å². The highest BCUT2D eigenvalue weighted by Crippen LogP contribution is 2.48. The van der Waals surface area contributed by atoms with Crippen molar-refractivity contribution in [2.75, 3.05) is 0 Å². The van der Waals surface area contributed by atoms with Crippen LogP contribution in [-0.4, -0.2) is 0 Å². The van der Waals surface area contributed by atoms with Gasteiger partial charge in [-0.05, 0) is 127 Å². The van der Waals surface area contributed by atoms with Gasteiger partial charge in [0.25, 0.3) is 0 Å². The molecule has 14 aromatic rings. The molecule has 0 bridgehead atoms. The third-order valence-electron chi connectivity index (χ3n) is 13.8. The highest BCUT2D eigenvalue weighted by Gasteiger charge is 2.22. The van der Waals surface area contributed by atoms with Gasteiger partial charge in [0.1, 0.15) is 11.2 Å². The minimum Gasteiger partial charge on any atom is -0.455 e. The van der Waals surface area contributed by atoms with Crippen LogP contribution >= 0.6 is 0 Å². The quantitative estimate of drug-likeness (QED) is 0.162. The molecule has 1 nitrogen and oxygen atoms in total. The Kier molecular flexibility index (Phi) is 7.17. The van der Waals surface area contributed by atoms with E-state index in [4.69, 9.17) is 4.42 Å². The average molecular weight is 797 g/mol. The van der Waals surface area contributed by atoms with Crippen molar-refractivity contribution < 1.29 is 4.42 Å². The van der Waals surface area contributed by atoms with Gasteiger partial charge in [0.15, 0.2) is 0 Å². The molecule has 1 heteroatoms. The summed E-state index contributed by atoms with van der Waals surface area (Å²) in [7, 11) is 0. The number of hydrogen-bond acceptors (Lipinski definition) is 1. The van der Waals surface area contributed by atoms with E-state index >= 15 is 0 Å². The molecule has 1 aromatic heterocycles. The van der Waals surface area contributed by atoms with Crippen LogP contribution < -0.4 is 0 Å². The zero-order valence-corrected chi connectivity index (χ0v) is 34.2. The number of furan rings is 1. The fraction of sp³-hybridized carbons (Fsp3) is 0. The minimum atomic E-state index is 0.909. The molecule has 13 aromatic carbocycles. The van der Waals surface area contributed by atoms with Gasteiger partial charge in [0, 0.05) is 21.7 Å². The fourth-order valence-electron chi connectivity index (χ4n) is 10.9. The summed E-state index contributed by atoms with van der Waals surface area (Å²) in [6.07, 6.45) is 0. The highest BCUT2D eigenvalue weighted by atomic mass is 16.3. The van der Waals surface area contributed by atoms with Crippen molar-refractivity contribution in [1.82, 2.24) is 0 Å². The first kappa shape index (κ1) is 34.5. The zero-order chi connectivity index (χ0) is 41.2. The Morgan fingerprint density at radius 2 is 0.698 bits per heavy atom. The molecule has 0 aliphatic carbocycles. The van der Waals surface area contributed by atoms with Gasteiger partial charge in [-0.15, -0.1) is 0 Å². The Hall–Kier alpha value is -8.26. The first-order valence-electron chi connectivity index (χ1n) is 21.8. The van der Waals surface area contributed by atoms with Crippen molar-refractivity contribution in [2.24, 2.45) is 0 Å². The maximum Gasteiger partial charge on any atom is 0.143 e. The van der Waals surface area contributed by atoms with Gasteiger partial charge in [-0.1, -0.05) is 200 Å². The van der Waals surface area contributed by atoms with E-state index in [0.717, 1.165) is 38.5 Å². The monoisotopic (exact) mass is 796 g/mol. The number of rotatable bonds is 4. The van der Waals surface area contributed by atoms with Crippen LogP contribution in [0.2, 0.25) is 0 Å².